The molecule has 0 aliphatic carbocycles. The van der Waals surface area contributed by atoms with E-state index in [-0.39, 0.29) is 6.10 Å². The Morgan fingerprint density at radius 2 is 2.25 bits per heavy atom. The normalized spacial score (nSPS) is 13.9. The average molecular weight is 118 g/mol. The van der Waals surface area contributed by atoms with Gasteiger partial charge in [0.1, 0.15) is 0 Å². The predicted molar refractivity (Wildman–Crippen MR) is 33.0 cm³/mol. The maximum absolute atomic E-state index is 5.26. The number of hydrogen-bond acceptors (Lipinski definition) is 3. The van der Waals surface area contributed by atoms with Gasteiger partial charge in [0.2, 0.25) is 0 Å². The topological polar surface area (TPSA) is 61.3 Å². The van der Waals surface area contributed by atoms with E-state index in [0.29, 0.717) is 6.54 Å². The highest BCUT2D eigenvalue weighted by Gasteiger charge is 2.00. The fraction of sp³-hybridized carbons (Fsp3) is 1.00. The monoisotopic (exact) mass is 118 g/mol. The Morgan fingerprint density at radius 3 is 2.38 bits per heavy atom. The highest BCUT2D eigenvalue weighted by Crippen LogP contribution is 1.95. The van der Waals surface area contributed by atoms with Gasteiger partial charge in [-0.3, -0.25) is 4.84 Å². The first kappa shape index (κ1) is 7.88. The Kier molecular flexibility index (Phi) is 4.95. The smallest absolute Gasteiger partial charge is 0.0909 e. The molecule has 0 aromatic carbocycles. The van der Waals surface area contributed by atoms with Crippen LogP contribution in [0.1, 0.15) is 19.8 Å². The van der Waals surface area contributed by atoms with Crippen LogP contribution in [0.25, 0.3) is 0 Å². The van der Waals surface area contributed by atoms with Crippen LogP contribution in [0, 0.1) is 0 Å². The molecule has 0 saturated heterocycles. The minimum absolute atomic E-state index is 0.0556. The van der Waals surface area contributed by atoms with Gasteiger partial charge in [-0.15, -0.1) is 0 Å². The van der Waals surface area contributed by atoms with Gasteiger partial charge in [-0.05, 0) is 6.42 Å². The summed E-state index contributed by atoms with van der Waals surface area (Å²) >= 11 is 0. The lowest BCUT2D eigenvalue weighted by molar-refractivity contribution is 0.0531. The van der Waals surface area contributed by atoms with Crippen LogP contribution in [0.15, 0.2) is 0 Å². The molecule has 8 heavy (non-hydrogen) atoms. The molecule has 4 N–H and O–H groups in total. The van der Waals surface area contributed by atoms with Gasteiger partial charge in [-0.25, -0.2) is 5.90 Å². The second kappa shape index (κ2) is 5.03. The summed E-state index contributed by atoms with van der Waals surface area (Å²) in [6.45, 7) is 2.59. The third-order valence-electron chi connectivity index (χ3n) is 1.07. The number of nitrogens with two attached hydrogens (primary N) is 2. The molecule has 0 saturated carbocycles. The van der Waals surface area contributed by atoms with Crippen LogP contribution in [0.2, 0.25) is 0 Å². The van der Waals surface area contributed by atoms with Crippen molar-refractivity contribution in [3.05, 3.63) is 0 Å². The maximum Gasteiger partial charge on any atom is 0.0909 e. The fourth-order valence-electron chi connectivity index (χ4n) is 0.563. The zero-order chi connectivity index (χ0) is 6.41. The predicted octanol–water partition coefficient (Wildman–Crippen LogP) is 0.00410. The summed E-state index contributed by atoms with van der Waals surface area (Å²) in [7, 11) is 0. The van der Waals surface area contributed by atoms with Gasteiger partial charge in [0.15, 0.2) is 0 Å². The molecule has 3 nitrogen and oxygen atoms in total. The molecule has 50 valence electrons. The van der Waals surface area contributed by atoms with Crippen molar-refractivity contribution >= 4 is 0 Å². The van der Waals surface area contributed by atoms with E-state index in [2.05, 4.69) is 11.8 Å². The summed E-state index contributed by atoms with van der Waals surface area (Å²) in [5.74, 6) is 4.89. The summed E-state index contributed by atoms with van der Waals surface area (Å²) in [5.41, 5.74) is 5.26. The lowest BCUT2D eigenvalue weighted by Gasteiger charge is -2.08. The van der Waals surface area contributed by atoms with Gasteiger partial charge in [0.25, 0.3) is 0 Å². The standard InChI is InChI=1S/C5H14N2O/c1-2-3-5(4-6)8-7/h5H,2-4,6-7H2,1H3. The SMILES string of the molecule is CCCC(CN)ON. The summed E-state index contributed by atoms with van der Waals surface area (Å²) < 4.78 is 0. The third-order valence-corrected chi connectivity index (χ3v) is 1.07. The van der Waals surface area contributed by atoms with Gasteiger partial charge in [0, 0.05) is 6.54 Å². The molecule has 0 bridgehead atoms. The maximum atomic E-state index is 5.26. The van der Waals surface area contributed by atoms with Crippen LogP contribution >= 0.6 is 0 Å². The van der Waals surface area contributed by atoms with Crippen LogP contribution in [0.3, 0.4) is 0 Å². The van der Waals surface area contributed by atoms with Crippen molar-refractivity contribution in [1.29, 1.82) is 0 Å². The van der Waals surface area contributed by atoms with Crippen molar-refractivity contribution in [2.45, 2.75) is 25.9 Å². The fourth-order valence-corrected chi connectivity index (χ4v) is 0.563. The molecule has 0 heterocycles. The largest absolute Gasteiger partial charge is 0.328 e. The molecule has 0 aliphatic rings. The Morgan fingerprint density at radius 1 is 1.62 bits per heavy atom. The van der Waals surface area contributed by atoms with Crippen molar-refractivity contribution in [2.24, 2.45) is 11.6 Å². The van der Waals surface area contributed by atoms with E-state index in [1.54, 1.807) is 0 Å². The average Bonchev–Trinajstić information content (AvgIpc) is 1.83. The molecule has 0 amide bonds. The van der Waals surface area contributed by atoms with Gasteiger partial charge in [-0.2, -0.15) is 0 Å². The van der Waals surface area contributed by atoms with E-state index >= 15 is 0 Å². The number of rotatable bonds is 4. The van der Waals surface area contributed by atoms with E-state index in [9.17, 15) is 0 Å². The van der Waals surface area contributed by atoms with Crippen molar-refractivity contribution in [1.82, 2.24) is 0 Å². The van der Waals surface area contributed by atoms with Gasteiger partial charge in [0.05, 0.1) is 6.10 Å². The Bertz CT molecular complexity index is 45.7. The van der Waals surface area contributed by atoms with Crippen LogP contribution in [-0.4, -0.2) is 12.6 Å². The highest BCUT2D eigenvalue weighted by molar-refractivity contribution is 4.54. The van der Waals surface area contributed by atoms with Crippen LogP contribution in [-0.2, 0) is 4.84 Å². The molecule has 0 radical (unpaired) electrons. The van der Waals surface area contributed by atoms with Crippen molar-refractivity contribution in [3.8, 4) is 0 Å². The van der Waals surface area contributed by atoms with E-state index in [1.807, 2.05) is 0 Å². The highest BCUT2D eigenvalue weighted by atomic mass is 16.6. The van der Waals surface area contributed by atoms with Crippen molar-refractivity contribution < 1.29 is 4.84 Å². The molecular weight excluding hydrogens is 104 g/mol. The van der Waals surface area contributed by atoms with E-state index in [1.165, 1.54) is 0 Å². The van der Waals surface area contributed by atoms with Crippen LogP contribution < -0.4 is 11.6 Å². The van der Waals surface area contributed by atoms with E-state index < -0.39 is 0 Å². The number of hydrogen-bond donors (Lipinski definition) is 2. The minimum Gasteiger partial charge on any atom is -0.328 e. The first-order chi connectivity index (χ1) is 3.85. The molecule has 0 aromatic rings. The van der Waals surface area contributed by atoms with Crippen LogP contribution in [0.4, 0.5) is 0 Å². The first-order valence-electron chi connectivity index (χ1n) is 2.90. The Labute approximate surface area is 49.9 Å². The molecule has 0 aromatic heterocycles. The van der Waals surface area contributed by atoms with Gasteiger partial charge < -0.3 is 5.73 Å². The Hall–Kier alpha value is -0.120. The van der Waals surface area contributed by atoms with Crippen molar-refractivity contribution in [2.75, 3.05) is 6.54 Å². The van der Waals surface area contributed by atoms with Gasteiger partial charge >= 0.3 is 0 Å². The molecule has 0 spiro atoms. The summed E-state index contributed by atoms with van der Waals surface area (Å²) in [5, 5.41) is 0. The molecular formula is C5H14N2O. The first-order valence-corrected chi connectivity index (χ1v) is 2.90. The second-order valence-corrected chi connectivity index (χ2v) is 1.78. The third kappa shape index (κ3) is 2.96. The lowest BCUT2D eigenvalue weighted by Crippen LogP contribution is -2.26. The molecule has 0 fully saturated rings. The molecule has 3 heteroatoms. The van der Waals surface area contributed by atoms with E-state index in [0.717, 1.165) is 12.8 Å². The summed E-state index contributed by atoms with van der Waals surface area (Å²) in [6.07, 6.45) is 2.08. The zero-order valence-electron chi connectivity index (χ0n) is 5.26. The molecule has 1 atom stereocenters. The second-order valence-electron chi connectivity index (χ2n) is 1.78. The van der Waals surface area contributed by atoms with Crippen molar-refractivity contribution in [3.63, 3.8) is 0 Å². The Balaban J connectivity index is 3.07. The molecule has 0 rings (SSSR count). The zero-order valence-corrected chi connectivity index (χ0v) is 5.26. The quantitative estimate of drug-likeness (QED) is 0.511. The minimum atomic E-state index is 0.0556. The molecule has 0 aliphatic heterocycles. The lowest BCUT2D eigenvalue weighted by atomic mass is 10.2. The molecule has 1 unspecified atom stereocenters. The summed E-state index contributed by atoms with van der Waals surface area (Å²) in [6, 6.07) is 0. The van der Waals surface area contributed by atoms with Crippen LogP contribution in [0.5, 0.6) is 0 Å². The van der Waals surface area contributed by atoms with E-state index in [4.69, 9.17) is 11.6 Å². The van der Waals surface area contributed by atoms with Gasteiger partial charge in [-0.1, -0.05) is 13.3 Å². The summed E-state index contributed by atoms with van der Waals surface area (Å²) in [4.78, 5) is 4.51.